The number of carboxylic acids is 1. The first-order valence-electron chi connectivity index (χ1n) is 7.03. The van der Waals surface area contributed by atoms with Gasteiger partial charge in [0, 0.05) is 6.20 Å². The largest absolute Gasteiger partial charge is 0.476 e. The summed E-state index contributed by atoms with van der Waals surface area (Å²) in [5.41, 5.74) is 1.20. The van der Waals surface area contributed by atoms with E-state index in [9.17, 15) is 4.79 Å². The Bertz CT molecular complexity index is 663. The monoisotopic (exact) mass is 322 g/mol. The van der Waals surface area contributed by atoms with Gasteiger partial charge in [0.1, 0.15) is 5.75 Å². The molecule has 0 aliphatic rings. The van der Waals surface area contributed by atoms with Crippen LogP contribution in [0.2, 0.25) is 5.02 Å². The molecule has 118 valence electrons. The molecule has 1 aromatic carbocycles. The number of hydrogen-bond acceptors (Lipinski definition) is 3. The number of aromatic nitrogens is 2. The zero-order chi connectivity index (χ0) is 16.3. The van der Waals surface area contributed by atoms with Gasteiger partial charge >= 0.3 is 5.97 Å². The summed E-state index contributed by atoms with van der Waals surface area (Å²) in [4.78, 5) is 10.9. The lowest BCUT2D eigenvalue weighted by atomic mass is 9.82. The van der Waals surface area contributed by atoms with Crippen molar-refractivity contribution in [3.8, 4) is 5.75 Å². The average molecular weight is 323 g/mol. The third-order valence-electron chi connectivity index (χ3n) is 3.80. The predicted octanol–water partition coefficient (Wildman–Crippen LogP) is 3.96. The molecule has 0 bridgehead atoms. The Morgan fingerprint density at radius 1 is 1.36 bits per heavy atom. The van der Waals surface area contributed by atoms with E-state index in [1.807, 2.05) is 24.3 Å². The second-order valence-corrected chi connectivity index (χ2v) is 6.11. The lowest BCUT2D eigenvalue weighted by molar-refractivity contribution is 0.0688. The van der Waals surface area contributed by atoms with Crippen LogP contribution in [0.1, 0.15) is 43.2 Å². The van der Waals surface area contributed by atoms with Gasteiger partial charge in [-0.1, -0.05) is 44.5 Å². The van der Waals surface area contributed by atoms with Gasteiger partial charge in [-0.15, -0.1) is 0 Å². The summed E-state index contributed by atoms with van der Waals surface area (Å²) in [7, 11) is 0. The van der Waals surface area contributed by atoms with E-state index in [0.717, 1.165) is 6.42 Å². The van der Waals surface area contributed by atoms with Gasteiger partial charge in [-0.05, 0) is 29.5 Å². The van der Waals surface area contributed by atoms with E-state index >= 15 is 0 Å². The number of nitrogens with zero attached hydrogens (tertiary/aromatic N) is 2. The minimum Gasteiger partial charge on any atom is -0.476 e. The molecule has 22 heavy (non-hydrogen) atoms. The number of hydrogen-bond donors (Lipinski definition) is 1. The number of carbonyl (C=O) groups is 1. The average Bonchev–Trinajstić information content (AvgIpc) is 2.87. The van der Waals surface area contributed by atoms with Crippen molar-refractivity contribution < 1.29 is 14.6 Å². The SMILES string of the molecule is CCC(C)(C)c1ccc(OCn2cc(Cl)c(C(=O)O)n2)cc1. The molecule has 0 amide bonds. The van der Waals surface area contributed by atoms with Crippen LogP contribution in [0.5, 0.6) is 5.75 Å². The summed E-state index contributed by atoms with van der Waals surface area (Å²) in [6.07, 6.45) is 2.48. The van der Waals surface area contributed by atoms with Crippen molar-refractivity contribution in [3.05, 3.63) is 46.7 Å². The normalized spacial score (nSPS) is 11.5. The molecule has 6 heteroatoms. The summed E-state index contributed by atoms with van der Waals surface area (Å²) >= 11 is 5.79. The van der Waals surface area contributed by atoms with Gasteiger partial charge in [0.2, 0.25) is 0 Å². The summed E-state index contributed by atoms with van der Waals surface area (Å²) in [5, 5.41) is 12.8. The van der Waals surface area contributed by atoms with Crippen molar-refractivity contribution in [1.82, 2.24) is 9.78 Å². The smallest absolute Gasteiger partial charge is 0.357 e. The minimum atomic E-state index is -1.16. The third kappa shape index (κ3) is 3.60. The Morgan fingerprint density at radius 2 is 2.00 bits per heavy atom. The van der Waals surface area contributed by atoms with E-state index in [1.54, 1.807) is 0 Å². The van der Waals surface area contributed by atoms with Crippen molar-refractivity contribution in [2.75, 3.05) is 0 Å². The topological polar surface area (TPSA) is 64.3 Å². The fourth-order valence-electron chi connectivity index (χ4n) is 1.96. The van der Waals surface area contributed by atoms with Crippen molar-refractivity contribution in [2.45, 2.75) is 39.3 Å². The highest BCUT2D eigenvalue weighted by atomic mass is 35.5. The molecule has 1 N–H and O–H groups in total. The Labute approximate surface area is 134 Å². The molecule has 0 radical (unpaired) electrons. The second-order valence-electron chi connectivity index (χ2n) is 5.71. The molecule has 0 aliphatic carbocycles. The summed E-state index contributed by atoms with van der Waals surface area (Å²) < 4.78 is 6.95. The summed E-state index contributed by atoms with van der Waals surface area (Å²) in [5.74, 6) is -0.464. The quantitative estimate of drug-likeness (QED) is 0.874. The molecular weight excluding hydrogens is 304 g/mol. The maximum absolute atomic E-state index is 10.9. The van der Waals surface area contributed by atoms with Crippen LogP contribution in [0, 0.1) is 0 Å². The Morgan fingerprint density at radius 3 is 2.50 bits per heavy atom. The van der Waals surface area contributed by atoms with Crippen LogP contribution in [0.3, 0.4) is 0 Å². The first kappa shape index (κ1) is 16.4. The lowest BCUT2D eigenvalue weighted by Crippen LogP contribution is -2.15. The Balaban J connectivity index is 2.03. The van der Waals surface area contributed by atoms with Gasteiger partial charge < -0.3 is 9.84 Å². The summed E-state index contributed by atoms with van der Waals surface area (Å²) in [6.45, 7) is 6.65. The van der Waals surface area contributed by atoms with Gasteiger partial charge in [0.25, 0.3) is 0 Å². The van der Waals surface area contributed by atoms with E-state index in [-0.39, 0.29) is 22.9 Å². The predicted molar refractivity (Wildman–Crippen MR) is 84.6 cm³/mol. The van der Waals surface area contributed by atoms with E-state index < -0.39 is 5.97 Å². The zero-order valence-electron chi connectivity index (χ0n) is 12.8. The molecule has 0 saturated heterocycles. The fourth-order valence-corrected chi connectivity index (χ4v) is 2.19. The molecule has 0 saturated carbocycles. The zero-order valence-corrected chi connectivity index (χ0v) is 13.6. The van der Waals surface area contributed by atoms with Gasteiger partial charge in [-0.25, -0.2) is 9.48 Å². The van der Waals surface area contributed by atoms with E-state index in [2.05, 4.69) is 25.9 Å². The lowest BCUT2D eigenvalue weighted by Gasteiger charge is -2.23. The molecule has 2 aromatic rings. The van der Waals surface area contributed by atoms with Crippen LogP contribution in [0.4, 0.5) is 0 Å². The number of rotatable bonds is 6. The van der Waals surface area contributed by atoms with Crippen LogP contribution in [-0.2, 0) is 12.1 Å². The standard InChI is InChI=1S/C16H19ClN2O3/c1-4-16(2,3)11-5-7-12(8-6-11)22-10-19-9-13(17)14(18-19)15(20)21/h5-9H,4,10H2,1-3H3,(H,20,21). The first-order chi connectivity index (χ1) is 10.3. The molecule has 0 unspecified atom stereocenters. The number of halogens is 1. The fraction of sp³-hybridized carbons (Fsp3) is 0.375. The highest BCUT2D eigenvalue weighted by Crippen LogP contribution is 2.28. The molecule has 0 aliphatic heterocycles. The van der Waals surface area contributed by atoms with Crippen molar-refractivity contribution in [1.29, 1.82) is 0 Å². The number of aromatic carboxylic acids is 1. The Hall–Kier alpha value is -2.01. The van der Waals surface area contributed by atoms with Crippen LogP contribution in [0.15, 0.2) is 30.5 Å². The van der Waals surface area contributed by atoms with Gasteiger partial charge in [0.15, 0.2) is 12.4 Å². The van der Waals surface area contributed by atoms with Crippen LogP contribution < -0.4 is 4.74 Å². The van der Waals surface area contributed by atoms with Crippen molar-refractivity contribution in [3.63, 3.8) is 0 Å². The third-order valence-corrected chi connectivity index (χ3v) is 4.08. The molecule has 1 aromatic heterocycles. The van der Waals surface area contributed by atoms with Crippen LogP contribution >= 0.6 is 11.6 Å². The number of carboxylic acid groups (broad SMARTS) is 1. The van der Waals surface area contributed by atoms with E-state index in [1.165, 1.54) is 16.4 Å². The highest BCUT2D eigenvalue weighted by Gasteiger charge is 2.17. The summed E-state index contributed by atoms with van der Waals surface area (Å²) in [6, 6.07) is 7.88. The van der Waals surface area contributed by atoms with Gasteiger partial charge in [-0.2, -0.15) is 5.10 Å². The van der Waals surface area contributed by atoms with E-state index in [0.29, 0.717) is 5.75 Å². The Kier molecular flexibility index (Phi) is 4.76. The van der Waals surface area contributed by atoms with Crippen molar-refractivity contribution in [2.24, 2.45) is 0 Å². The number of benzene rings is 1. The van der Waals surface area contributed by atoms with Gasteiger partial charge in [0.05, 0.1) is 5.02 Å². The van der Waals surface area contributed by atoms with Gasteiger partial charge in [-0.3, -0.25) is 0 Å². The first-order valence-corrected chi connectivity index (χ1v) is 7.41. The molecule has 0 atom stereocenters. The molecule has 0 spiro atoms. The molecule has 2 rings (SSSR count). The maximum Gasteiger partial charge on any atom is 0.357 e. The molecular formula is C16H19ClN2O3. The number of ether oxygens (including phenoxy) is 1. The molecule has 0 fully saturated rings. The van der Waals surface area contributed by atoms with E-state index in [4.69, 9.17) is 21.4 Å². The maximum atomic E-state index is 10.9. The molecule has 5 nitrogen and oxygen atoms in total. The second kappa shape index (κ2) is 6.40. The highest BCUT2D eigenvalue weighted by molar-refractivity contribution is 6.33. The molecule has 1 heterocycles. The van der Waals surface area contributed by atoms with Crippen LogP contribution in [0.25, 0.3) is 0 Å². The van der Waals surface area contributed by atoms with Crippen molar-refractivity contribution >= 4 is 17.6 Å². The minimum absolute atomic E-state index is 0.0937. The van der Waals surface area contributed by atoms with Crippen LogP contribution in [-0.4, -0.2) is 20.9 Å².